The molecule has 0 unspecified atom stereocenters. The van der Waals surface area contributed by atoms with Gasteiger partial charge in [0, 0.05) is 42.0 Å². The highest BCUT2D eigenvalue weighted by molar-refractivity contribution is 6.05. The van der Waals surface area contributed by atoms with Crippen molar-refractivity contribution >= 4 is 11.6 Å². The summed E-state index contributed by atoms with van der Waals surface area (Å²) in [7, 11) is 3.19. The van der Waals surface area contributed by atoms with E-state index in [1.54, 1.807) is 40.0 Å². The second-order valence-electron chi connectivity index (χ2n) is 9.52. The first-order chi connectivity index (χ1) is 18.4. The van der Waals surface area contributed by atoms with Crippen LogP contribution in [0.15, 0.2) is 42.7 Å². The number of carbonyl (C=O) groups excluding carboxylic acids is 1. The number of amides is 1. The Hall–Kier alpha value is -4.19. The normalized spacial score (nSPS) is 11.7. The van der Waals surface area contributed by atoms with E-state index in [0.29, 0.717) is 11.4 Å². The maximum absolute atomic E-state index is 13.7. The fourth-order valence-electron chi connectivity index (χ4n) is 4.08. The third-order valence-corrected chi connectivity index (χ3v) is 6.37. The van der Waals surface area contributed by atoms with Gasteiger partial charge in [0.05, 0.1) is 36.4 Å². The summed E-state index contributed by atoms with van der Waals surface area (Å²) in [4.78, 5) is 13.3. The summed E-state index contributed by atoms with van der Waals surface area (Å²) in [5.74, 6) is -0.440. The monoisotopic (exact) mass is 541 g/mol. The van der Waals surface area contributed by atoms with Crippen LogP contribution in [0, 0.1) is 13.8 Å². The molecule has 0 bridgehead atoms. The van der Waals surface area contributed by atoms with E-state index < -0.39 is 17.6 Å². The summed E-state index contributed by atoms with van der Waals surface area (Å²) >= 11 is 0. The van der Waals surface area contributed by atoms with Gasteiger partial charge in [-0.05, 0) is 43.7 Å². The summed E-state index contributed by atoms with van der Waals surface area (Å²) in [6.07, 6.45) is -1.17. The molecule has 0 radical (unpaired) electrons. The Balaban J connectivity index is 1.67. The number of alkyl halides is 3. The van der Waals surface area contributed by atoms with E-state index in [4.69, 9.17) is 4.74 Å². The summed E-state index contributed by atoms with van der Waals surface area (Å²) in [5, 5.41) is 18.4. The summed E-state index contributed by atoms with van der Waals surface area (Å²) in [6, 6.07) is 6.89. The Morgan fingerprint density at radius 1 is 1.15 bits per heavy atom. The van der Waals surface area contributed by atoms with Crippen LogP contribution in [0.1, 0.15) is 46.6 Å². The highest BCUT2D eigenvalue weighted by Gasteiger charge is 2.33. The number of halogens is 3. The fourth-order valence-corrected chi connectivity index (χ4v) is 4.08. The van der Waals surface area contributed by atoms with Crippen LogP contribution in [-0.4, -0.2) is 43.8 Å². The lowest BCUT2D eigenvalue weighted by Gasteiger charge is -2.19. The molecule has 39 heavy (non-hydrogen) atoms. The van der Waals surface area contributed by atoms with Crippen molar-refractivity contribution in [3.63, 3.8) is 0 Å². The van der Waals surface area contributed by atoms with Crippen LogP contribution in [-0.2, 0) is 19.8 Å². The predicted octanol–water partition coefficient (Wildman–Crippen LogP) is 5.06. The first-order valence-corrected chi connectivity index (χ1v) is 12.2. The van der Waals surface area contributed by atoms with E-state index in [-0.39, 0.29) is 35.2 Å². The maximum Gasteiger partial charge on any atom is 0.416 e. The number of anilines is 1. The standard InChI is InChI=1S/C27H30F3N7O2/c1-15(2)31-12-19-9-20(27(28,29)30)11-22(25(19)39-6)33-26(38)18-8-7-16(3)24(10-18)37-14-23(34-35-37)21-13-32-36(5)17(21)4/h7-11,13-15,31H,12H2,1-6H3,(H,33,38). The molecule has 0 fully saturated rings. The molecule has 0 atom stereocenters. The number of hydrogen-bond acceptors (Lipinski definition) is 6. The summed E-state index contributed by atoms with van der Waals surface area (Å²) in [6.45, 7) is 7.68. The molecule has 2 aromatic heterocycles. The minimum atomic E-state index is -4.60. The number of carbonyl (C=O) groups is 1. The number of aromatic nitrogens is 5. The van der Waals surface area contributed by atoms with Crippen molar-refractivity contribution in [2.45, 2.75) is 46.5 Å². The maximum atomic E-state index is 13.7. The van der Waals surface area contributed by atoms with E-state index >= 15 is 0 Å². The van der Waals surface area contributed by atoms with Crippen LogP contribution >= 0.6 is 0 Å². The van der Waals surface area contributed by atoms with Gasteiger partial charge in [-0.2, -0.15) is 18.3 Å². The van der Waals surface area contributed by atoms with Gasteiger partial charge in [0.2, 0.25) is 0 Å². The largest absolute Gasteiger partial charge is 0.494 e. The van der Waals surface area contributed by atoms with Crippen LogP contribution in [0.3, 0.4) is 0 Å². The number of nitrogens with one attached hydrogen (secondary N) is 2. The zero-order valence-electron chi connectivity index (χ0n) is 22.5. The molecule has 0 saturated carbocycles. The highest BCUT2D eigenvalue weighted by atomic mass is 19.4. The van der Waals surface area contributed by atoms with Crippen molar-refractivity contribution in [3.05, 3.63) is 70.7 Å². The molecule has 0 aliphatic rings. The minimum absolute atomic E-state index is 0.0349. The lowest BCUT2D eigenvalue weighted by atomic mass is 10.1. The molecule has 2 aromatic carbocycles. The number of methoxy groups -OCH3 is 1. The molecule has 2 N–H and O–H groups in total. The second-order valence-corrected chi connectivity index (χ2v) is 9.52. The lowest BCUT2D eigenvalue weighted by Crippen LogP contribution is -2.23. The SMILES string of the molecule is COc1c(CNC(C)C)cc(C(F)(F)F)cc1NC(=O)c1ccc(C)c(-n2cc(-c3cnn(C)c3C)nn2)c1. The number of nitrogens with zero attached hydrogens (tertiary/aromatic N) is 5. The van der Waals surface area contributed by atoms with Crippen molar-refractivity contribution < 1.29 is 22.7 Å². The Kier molecular flexibility index (Phi) is 7.77. The molecule has 0 aliphatic heterocycles. The van der Waals surface area contributed by atoms with Gasteiger partial charge in [-0.1, -0.05) is 25.1 Å². The third kappa shape index (κ3) is 5.95. The van der Waals surface area contributed by atoms with E-state index in [1.165, 1.54) is 7.11 Å². The van der Waals surface area contributed by atoms with Gasteiger partial charge >= 0.3 is 6.18 Å². The van der Waals surface area contributed by atoms with E-state index in [1.807, 2.05) is 34.7 Å². The van der Waals surface area contributed by atoms with Crippen LogP contribution in [0.4, 0.5) is 18.9 Å². The van der Waals surface area contributed by atoms with Crippen molar-refractivity contribution in [2.24, 2.45) is 7.05 Å². The summed E-state index contributed by atoms with van der Waals surface area (Å²) in [5.41, 5.74) is 3.34. The first kappa shape index (κ1) is 27.8. The molecule has 1 amide bonds. The van der Waals surface area contributed by atoms with E-state index in [9.17, 15) is 18.0 Å². The summed E-state index contributed by atoms with van der Waals surface area (Å²) < 4.78 is 49.8. The quantitative estimate of drug-likeness (QED) is 0.324. The van der Waals surface area contributed by atoms with Crippen molar-refractivity contribution in [3.8, 4) is 22.7 Å². The zero-order chi connectivity index (χ0) is 28.5. The minimum Gasteiger partial charge on any atom is -0.494 e. The Morgan fingerprint density at radius 2 is 1.90 bits per heavy atom. The molecule has 0 spiro atoms. The second kappa shape index (κ2) is 10.9. The van der Waals surface area contributed by atoms with Gasteiger partial charge < -0.3 is 15.4 Å². The molecular weight excluding hydrogens is 511 g/mol. The molecule has 4 rings (SSSR count). The Morgan fingerprint density at radius 3 is 2.51 bits per heavy atom. The number of hydrogen-bond donors (Lipinski definition) is 2. The zero-order valence-corrected chi connectivity index (χ0v) is 22.5. The van der Waals surface area contributed by atoms with Gasteiger partial charge in [0.1, 0.15) is 11.4 Å². The molecule has 206 valence electrons. The number of aryl methyl sites for hydroxylation is 2. The van der Waals surface area contributed by atoms with Crippen LogP contribution in [0.5, 0.6) is 5.75 Å². The van der Waals surface area contributed by atoms with Gasteiger partial charge in [0.25, 0.3) is 5.91 Å². The smallest absolute Gasteiger partial charge is 0.416 e. The topological polar surface area (TPSA) is 98.9 Å². The van der Waals surface area contributed by atoms with E-state index in [2.05, 4.69) is 26.0 Å². The lowest BCUT2D eigenvalue weighted by molar-refractivity contribution is -0.137. The fraction of sp³-hybridized carbons (Fsp3) is 0.333. The van der Waals surface area contributed by atoms with Gasteiger partial charge in [-0.15, -0.1) is 5.10 Å². The third-order valence-electron chi connectivity index (χ3n) is 6.37. The van der Waals surface area contributed by atoms with E-state index in [0.717, 1.165) is 29.0 Å². The molecular formula is C27H30F3N7O2. The van der Waals surface area contributed by atoms with Crippen LogP contribution in [0.25, 0.3) is 16.9 Å². The van der Waals surface area contributed by atoms with Crippen molar-refractivity contribution in [2.75, 3.05) is 12.4 Å². The number of ether oxygens (including phenoxy) is 1. The van der Waals surface area contributed by atoms with Crippen molar-refractivity contribution in [1.29, 1.82) is 0 Å². The molecule has 2 heterocycles. The molecule has 0 saturated heterocycles. The molecule has 9 nitrogen and oxygen atoms in total. The molecule has 4 aromatic rings. The average Bonchev–Trinajstić information content (AvgIpc) is 3.48. The van der Waals surface area contributed by atoms with Gasteiger partial charge in [-0.3, -0.25) is 9.48 Å². The van der Waals surface area contributed by atoms with Crippen LogP contribution in [0.2, 0.25) is 0 Å². The molecule has 12 heteroatoms. The van der Waals surface area contributed by atoms with Gasteiger partial charge in [0.15, 0.2) is 0 Å². The molecule has 0 aliphatic carbocycles. The van der Waals surface area contributed by atoms with Crippen LogP contribution < -0.4 is 15.4 Å². The number of rotatable bonds is 8. The van der Waals surface area contributed by atoms with Gasteiger partial charge in [-0.25, -0.2) is 4.68 Å². The van der Waals surface area contributed by atoms with Crippen molar-refractivity contribution in [1.82, 2.24) is 30.1 Å². The highest BCUT2D eigenvalue weighted by Crippen LogP contribution is 2.38. The predicted molar refractivity (Wildman–Crippen MR) is 141 cm³/mol. The Labute approximate surface area is 224 Å². The first-order valence-electron chi connectivity index (χ1n) is 12.2. The Bertz CT molecular complexity index is 1510. The number of benzene rings is 2. The average molecular weight is 542 g/mol.